The van der Waals surface area contributed by atoms with E-state index in [1.54, 1.807) is 0 Å². The van der Waals surface area contributed by atoms with Crippen LogP contribution in [-0.4, -0.2) is 39.5 Å². The Kier molecular flexibility index (Phi) is 7.01. The van der Waals surface area contributed by atoms with E-state index in [1.807, 2.05) is 0 Å². The van der Waals surface area contributed by atoms with Crippen LogP contribution in [0.4, 0.5) is 18.9 Å². The van der Waals surface area contributed by atoms with Gasteiger partial charge in [0.2, 0.25) is 7.37 Å². The summed E-state index contributed by atoms with van der Waals surface area (Å²) in [6.45, 7) is 0. The Morgan fingerprint density at radius 2 is 1.88 bits per heavy atom. The Labute approximate surface area is 140 Å². The maximum Gasteiger partial charge on any atom is 0.416 e. The van der Waals surface area contributed by atoms with E-state index in [1.165, 1.54) is 6.07 Å². The van der Waals surface area contributed by atoms with Gasteiger partial charge < -0.3 is 20.4 Å². The fraction of sp³-hybridized carbons (Fsp3) is 0.429. The van der Waals surface area contributed by atoms with E-state index in [-0.39, 0.29) is 12.1 Å². The highest BCUT2D eigenvalue weighted by atomic mass is 31.2. The van der Waals surface area contributed by atoms with Crippen LogP contribution < -0.4 is 5.32 Å². The molecule has 0 fully saturated rings. The Balaban J connectivity index is 2.72. The molecule has 0 spiro atoms. The number of nitrogens with one attached hydrogen (secondary N) is 1. The minimum Gasteiger partial charge on any atom is -0.481 e. The minimum absolute atomic E-state index is 0.0403. The van der Waals surface area contributed by atoms with Gasteiger partial charge >= 0.3 is 18.1 Å². The number of anilines is 1. The lowest BCUT2D eigenvalue weighted by molar-refractivity contribution is -0.142. The predicted molar refractivity (Wildman–Crippen MR) is 82.6 cm³/mol. The van der Waals surface area contributed by atoms with E-state index in [9.17, 15) is 32.2 Å². The van der Waals surface area contributed by atoms with Crippen LogP contribution in [0.3, 0.4) is 0 Å². The van der Waals surface area contributed by atoms with Gasteiger partial charge in [0.25, 0.3) is 0 Å². The summed E-state index contributed by atoms with van der Waals surface area (Å²) in [7, 11) is -4.05. The molecule has 0 radical (unpaired) electrons. The van der Waals surface area contributed by atoms with Gasteiger partial charge in [-0.1, -0.05) is 6.07 Å². The first-order valence-electron chi connectivity index (χ1n) is 7.07. The molecule has 25 heavy (non-hydrogen) atoms. The number of alkyl halides is 3. The van der Waals surface area contributed by atoms with E-state index in [4.69, 9.17) is 10.2 Å². The number of rotatable bonds is 9. The lowest BCUT2D eigenvalue weighted by atomic mass is 10.1. The van der Waals surface area contributed by atoms with Crippen LogP contribution in [0.5, 0.6) is 0 Å². The second-order valence-corrected chi connectivity index (χ2v) is 7.78. The van der Waals surface area contributed by atoms with Gasteiger partial charge in [-0.2, -0.15) is 13.2 Å². The molecule has 1 aromatic rings. The zero-order valence-electron chi connectivity index (χ0n) is 12.9. The molecule has 2 atom stereocenters. The highest BCUT2D eigenvalue weighted by Gasteiger charge is 2.31. The zero-order chi connectivity index (χ0) is 19.3. The molecule has 2 unspecified atom stereocenters. The standard InChI is InChI=1S/C14H17F3NO6P/c15-14(16,17)10-2-1-3-11(6-10)18-8-25(23,24)7-9(13(21)22)4-5-12(19)20/h1-3,6,9,18H,4-5,7-8H2,(H,19,20)(H,21,22)(H,23,24). The molecule has 11 heteroatoms. The number of halogens is 3. The highest BCUT2D eigenvalue weighted by Crippen LogP contribution is 2.43. The molecule has 0 saturated carbocycles. The lowest BCUT2D eigenvalue weighted by Crippen LogP contribution is -2.21. The van der Waals surface area contributed by atoms with Crippen molar-refractivity contribution < 1.29 is 42.4 Å². The molecule has 0 bridgehead atoms. The molecule has 0 amide bonds. The molecule has 0 aliphatic carbocycles. The fourth-order valence-corrected chi connectivity index (χ4v) is 3.61. The second-order valence-electron chi connectivity index (χ2n) is 5.41. The minimum atomic E-state index is -4.56. The number of aliphatic carboxylic acids is 2. The molecule has 1 rings (SSSR count). The van der Waals surface area contributed by atoms with Gasteiger partial charge in [0, 0.05) is 18.3 Å². The zero-order valence-corrected chi connectivity index (χ0v) is 13.8. The quantitative estimate of drug-likeness (QED) is 0.483. The second kappa shape index (κ2) is 8.35. The van der Waals surface area contributed by atoms with Crippen molar-refractivity contribution in [3.63, 3.8) is 0 Å². The van der Waals surface area contributed by atoms with Gasteiger partial charge in [-0.3, -0.25) is 14.2 Å². The Morgan fingerprint density at radius 3 is 2.40 bits per heavy atom. The van der Waals surface area contributed by atoms with Gasteiger partial charge in [0.15, 0.2) is 0 Å². The van der Waals surface area contributed by atoms with Gasteiger partial charge in [-0.15, -0.1) is 0 Å². The smallest absolute Gasteiger partial charge is 0.416 e. The number of carbonyl (C=O) groups is 2. The third kappa shape index (κ3) is 7.57. The third-order valence-electron chi connectivity index (χ3n) is 3.28. The van der Waals surface area contributed by atoms with E-state index >= 15 is 0 Å². The number of benzene rings is 1. The van der Waals surface area contributed by atoms with Crippen molar-refractivity contribution in [2.75, 3.05) is 17.8 Å². The average Bonchev–Trinajstić information content (AvgIpc) is 2.48. The monoisotopic (exact) mass is 383 g/mol. The summed E-state index contributed by atoms with van der Waals surface area (Å²) in [5.74, 6) is -3.98. The van der Waals surface area contributed by atoms with Crippen LogP contribution in [0.2, 0.25) is 0 Å². The third-order valence-corrected chi connectivity index (χ3v) is 4.95. The predicted octanol–water partition coefficient (Wildman–Crippen LogP) is 2.91. The van der Waals surface area contributed by atoms with Crippen molar-refractivity contribution >= 4 is 25.0 Å². The van der Waals surface area contributed by atoms with Crippen molar-refractivity contribution in [1.29, 1.82) is 0 Å². The summed E-state index contributed by atoms with van der Waals surface area (Å²) >= 11 is 0. The average molecular weight is 383 g/mol. The van der Waals surface area contributed by atoms with E-state index in [0.717, 1.165) is 18.2 Å². The van der Waals surface area contributed by atoms with Crippen LogP contribution in [0.15, 0.2) is 24.3 Å². The van der Waals surface area contributed by atoms with Crippen LogP contribution in [0, 0.1) is 5.92 Å². The summed E-state index contributed by atoms with van der Waals surface area (Å²) in [6.07, 6.45) is -6.67. The Bertz CT molecular complexity index is 679. The van der Waals surface area contributed by atoms with Crippen molar-refractivity contribution in [3.8, 4) is 0 Å². The first kappa shape index (κ1) is 21.0. The molecule has 0 heterocycles. The van der Waals surface area contributed by atoms with Crippen molar-refractivity contribution in [2.24, 2.45) is 5.92 Å². The SMILES string of the molecule is O=C(O)CCC(CP(=O)(O)CNc1cccc(C(F)(F)F)c1)C(=O)O. The first-order valence-corrected chi connectivity index (χ1v) is 9.10. The molecule has 0 aromatic heterocycles. The van der Waals surface area contributed by atoms with Gasteiger partial charge in [-0.05, 0) is 24.6 Å². The van der Waals surface area contributed by atoms with E-state index in [2.05, 4.69) is 5.32 Å². The number of hydrogen-bond donors (Lipinski definition) is 4. The summed E-state index contributed by atoms with van der Waals surface area (Å²) in [5.41, 5.74) is -0.975. The van der Waals surface area contributed by atoms with Crippen molar-refractivity contribution in [2.45, 2.75) is 19.0 Å². The Morgan fingerprint density at radius 1 is 1.24 bits per heavy atom. The number of carboxylic acid groups (broad SMARTS) is 2. The van der Waals surface area contributed by atoms with Crippen molar-refractivity contribution in [3.05, 3.63) is 29.8 Å². The fourth-order valence-electron chi connectivity index (χ4n) is 2.02. The van der Waals surface area contributed by atoms with Crippen molar-refractivity contribution in [1.82, 2.24) is 0 Å². The highest BCUT2D eigenvalue weighted by molar-refractivity contribution is 7.58. The van der Waals surface area contributed by atoms with Crippen LogP contribution >= 0.6 is 7.37 Å². The summed E-state index contributed by atoms with van der Waals surface area (Å²) in [4.78, 5) is 31.4. The maximum atomic E-state index is 12.6. The Hall–Kier alpha value is -2.06. The molecular weight excluding hydrogens is 366 g/mol. The van der Waals surface area contributed by atoms with Gasteiger partial charge in [0.1, 0.15) is 0 Å². The van der Waals surface area contributed by atoms with E-state index < -0.39 is 55.8 Å². The summed E-state index contributed by atoms with van der Waals surface area (Å²) in [5, 5.41) is 19.9. The molecule has 0 aliphatic rings. The lowest BCUT2D eigenvalue weighted by Gasteiger charge is -2.18. The van der Waals surface area contributed by atoms with Crippen LogP contribution in [0.25, 0.3) is 0 Å². The van der Waals surface area contributed by atoms with E-state index in [0.29, 0.717) is 0 Å². The maximum absolute atomic E-state index is 12.6. The topological polar surface area (TPSA) is 124 Å². The first-order chi connectivity index (χ1) is 11.4. The molecule has 0 aliphatic heterocycles. The number of hydrogen-bond acceptors (Lipinski definition) is 4. The largest absolute Gasteiger partial charge is 0.481 e. The molecule has 140 valence electrons. The van der Waals surface area contributed by atoms with Crippen LogP contribution in [0.1, 0.15) is 18.4 Å². The van der Waals surface area contributed by atoms with Crippen LogP contribution in [-0.2, 0) is 20.3 Å². The molecule has 1 aromatic carbocycles. The molecular formula is C14H17F3NO6P. The molecule has 7 nitrogen and oxygen atoms in total. The normalized spacial score (nSPS) is 15.2. The molecule has 4 N–H and O–H groups in total. The summed E-state index contributed by atoms with van der Waals surface area (Å²) in [6, 6.07) is 4.00. The summed E-state index contributed by atoms with van der Waals surface area (Å²) < 4.78 is 49.9. The van der Waals surface area contributed by atoms with Gasteiger partial charge in [0.05, 0.1) is 17.8 Å². The van der Waals surface area contributed by atoms with Gasteiger partial charge in [-0.25, -0.2) is 0 Å². The number of carboxylic acids is 2. The molecule has 0 saturated heterocycles.